The molecule has 5 nitrogen and oxygen atoms in total. The molecule has 1 amide bonds. The maximum absolute atomic E-state index is 11.7. The summed E-state index contributed by atoms with van der Waals surface area (Å²) in [6, 6.07) is 17.4. The van der Waals surface area contributed by atoms with Crippen LogP contribution in [0.5, 0.6) is 0 Å². The molecule has 0 radical (unpaired) electrons. The second-order valence-electron chi connectivity index (χ2n) is 4.82. The molecule has 0 fully saturated rings. The van der Waals surface area contributed by atoms with E-state index in [0.717, 1.165) is 16.8 Å². The van der Waals surface area contributed by atoms with Crippen molar-refractivity contribution in [1.82, 2.24) is 10.6 Å². The molecule has 0 aliphatic rings. The van der Waals surface area contributed by atoms with Crippen molar-refractivity contribution in [2.45, 2.75) is 13.2 Å². The fourth-order valence-electron chi connectivity index (χ4n) is 1.87. The summed E-state index contributed by atoms with van der Waals surface area (Å²) in [4.78, 5) is 11.7. The maximum atomic E-state index is 11.7. The Bertz CT molecular complexity index is 645. The summed E-state index contributed by atoms with van der Waals surface area (Å²) in [5, 5.41) is 8.74. The Morgan fingerprint density at radius 2 is 1.74 bits per heavy atom. The SMILES string of the molecule is CNc1ccc(CNC(=S)NC(=O)OCc2ccccc2)cc1. The Kier molecular flexibility index (Phi) is 6.38. The van der Waals surface area contributed by atoms with Crippen LogP contribution in [0.4, 0.5) is 10.5 Å². The lowest BCUT2D eigenvalue weighted by atomic mass is 10.2. The number of hydrogen-bond acceptors (Lipinski definition) is 4. The molecule has 0 aliphatic carbocycles. The summed E-state index contributed by atoms with van der Waals surface area (Å²) in [5.74, 6) is 0. The molecule has 0 aliphatic heterocycles. The van der Waals surface area contributed by atoms with Gasteiger partial charge in [-0.2, -0.15) is 0 Å². The van der Waals surface area contributed by atoms with E-state index in [1.165, 1.54) is 0 Å². The first kappa shape index (κ1) is 16.8. The van der Waals surface area contributed by atoms with Gasteiger partial charge in [0.2, 0.25) is 0 Å². The highest BCUT2D eigenvalue weighted by Crippen LogP contribution is 2.08. The van der Waals surface area contributed by atoms with Gasteiger partial charge in [-0.25, -0.2) is 4.79 Å². The van der Waals surface area contributed by atoms with Crippen LogP contribution in [0.3, 0.4) is 0 Å². The Hall–Kier alpha value is -2.60. The van der Waals surface area contributed by atoms with E-state index >= 15 is 0 Å². The molecule has 6 heteroatoms. The molecule has 120 valence electrons. The average molecular weight is 329 g/mol. The van der Waals surface area contributed by atoms with Crippen LogP contribution in [0, 0.1) is 0 Å². The molecule has 0 saturated carbocycles. The predicted octanol–water partition coefficient (Wildman–Crippen LogP) is 3.03. The Morgan fingerprint density at radius 3 is 2.39 bits per heavy atom. The fourth-order valence-corrected chi connectivity index (χ4v) is 2.02. The first-order valence-corrected chi connectivity index (χ1v) is 7.60. The van der Waals surface area contributed by atoms with Crippen LogP contribution in [0.25, 0.3) is 0 Å². The number of anilines is 1. The van der Waals surface area contributed by atoms with Crippen LogP contribution in [0.1, 0.15) is 11.1 Å². The number of rotatable bonds is 5. The van der Waals surface area contributed by atoms with E-state index in [1.54, 1.807) is 0 Å². The first-order valence-electron chi connectivity index (χ1n) is 7.19. The molecule has 0 bridgehead atoms. The van der Waals surface area contributed by atoms with Gasteiger partial charge in [0.05, 0.1) is 0 Å². The smallest absolute Gasteiger partial charge is 0.413 e. The Balaban J connectivity index is 1.70. The number of amides is 1. The third kappa shape index (κ3) is 5.96. The molecule has 0 saturated heterocycles. The zero-order valence-electron chi connectivity index (χ0n) is 12.8. The molecule has 0 unspecified atom stereocenters. The van der Waals surface area contributed by atoms with Crippen molar-refractivity contribution in [2.75, 3.05) is 12.4 Å². The quantitative estimate of drug-likeness (QED) is 0.736. The summed E-state index contributed by atoms with van der Waals surface area (Å²) in [6.45, 7) is 0.739. The highest BCUT2D eigenvalue weighted by molar-refractivity contribution is 7.80. The highest BCUT2D eigenvalue weighted by Gasteiger charge is 2.05. The van der Waals surface area contributed by atoms with Gasteiger partial charge in [-0.05, 0) is 35.5 Å². The molecule has 3 N–H and O–H groups in total. The maximum Gasteiger partial charge on any atom is 0.413 e. The summed E-state index contributed by atoms with van der Waals surface area (Å²) in [6.07, 6.45) is -0.572. The first-order chi connectivity index (χ1) is 11.2. The Labute approximate surface area is 141 Å². The van der Waals surface area contributed by atoms with Gasteiger partial charge in [0.15, 0.2) is 5.11 Å². The molecule has 0 spiro atoms. The standard InChI is InChI=1S/C17H19N3O2S/c1-18-15-9-7-13(8-10-15)11-19-16(23)20-17(21)22-12-14-5-3-2-4-6-14/h2-10,18H,11-12H2,1H3,(H2,19,20,21,23). The number of benzene rings is 2. The van der Waals surface area contributed by atoms with Gasteiger partial charge in [-0.1, -0.05) is 42.5 Å². The van der Waals surface area contributed by atoms with Gasteiger partial charge < -0.3 is 15.4 Å². The number of ether oxygens (including phenoxy) is 1. The molecule has 2 aromatic carbocycles. The van der Waals surface area contributed by atoms with E-state index in [0.29, 0.717) is 6.54 Å². The number of alkyl carbamates (subject to hydrolysis) is 1. The normalized spacial score (nSPS) is 9.78. The lowest BCUT2D eigenvalue weighted by Crippen LogP contribution is -2.39. The second kappa shape index (κ2) is 8.75. The summed E-state index contributed by atoms with van der Waals surface area (Å²) < 4.78 is 5.10. The second-order valence-corrected chi connectivity index (χ2v) is 5.22. The summed E-state index contributed by atoms with van der Waals surface area (Å²) in [7, 11) is 1.87. The minimum atomic E-state index is -0.572. The Morgan fingerprint density at radius 1 is 1.04 bits per heavy atom. The molecule has 2 aromatic rings. The molecule has 2 rings (SSSR count). The highest BCUT2D eigenvalue weighted by atomic mass is 32.1. The van der Waals surface area contributed by atoms with Crippen LogP contribution in [0.2, 0.25) is 0 Å². The van der Waals surface area contributed by atoms with Gasteiger partial charge in [-0.3, -0.25) is 5.32 Å². The van der Waals surface area contributed by atoms with Crippen molar-refractivity contribution in [3.8, 4) is 0 Å². The van der Waals surface area contributed by atoms with Crippen molar-refractivity contribution >= 4 is 29.1 Å². The molecular formula is C17H19N3O2S. The predicted molar refractivity (Wildman–Crippen MR) is 95.2 cm³/mol. The number of nitrogens with one attached hydrogen (secondary N) is 3. The zero-order valence-corrected chi connectivity index (χ0v) is 13.7. The molecular weight excluding hydrogens is 310 g/mol. The van der Waals surface area contributed by atoms with Gasteiger partial charge in [-0.15, -0.1) is 0 Å². The van der Waals surface area contributed by atoms with Crippen LogP contribution >= 0.6 is 12.2 Å². The van der Waals surface area contributed by atoms with Crippen molar-refractivity contribution in [2.24, 2.45) is 0 Å². The third-order valence-corrected chi connectivity index (χ3v) is 3.37. The fraction of sp³-hybridized carbons (Fsp3) is 0.176. The summed E-state index contributed by atoms with van der Waals surface area (Å²) in [5.41, 5.74) is 3.02. The van der Waals surface area contributed by atoms with Crippen molar-refractivity contribution in [3.05, 3.63) is 65.7 Å². The van der Waals surface area contributed by atoms with E-state index < -0.39 is 6.09 Å². The number of carbonyl (C=O) groups excluding carboxylic acids is 1. The van der Waals surface area contributed by atoms with Crippen molar-refractivity contribution in [3.63, 3.8) is 0 Å². The monoisotopic (exact) mass is 329 g/mol. The topological polar surface area (TPSA) is 62.4 Å². The van der Waals surface area contributed by atoms with E-state index in [9.17, 15) is 4.79 Å². The molecule has 0 heterocycles. The van der Waals surface area contributed by atoms with Crippen molar-refractivity contribution < 1.29 is 9.53 Å². The van der Waals surface area contributed by atoms with Gasteiger partial charge in [0.1, 0.15) is 6.61 Å². The third-order valence-electron chi connectivity index (χ3n) is 3.12. The van der Waals surface area contributed by atoms with E-state index in [2.05, 4.69) is 16.0 Å². The van der Waals surface area contributed by atoms with Crippen LogP contribution in [-0.2, 0) is 17.9 Å². The van der Waals surface area contributed by atoms with E-state index in [1.807, 2.05) is 61.6 Å². The number of thiocarbonyl (C=S) groups is 1. The van der Waals surface area contributed by atoms with Crippen molar-refractivity contribution in [1.29, 1.82) is 0 Å². The van der Waals surface area contributed by atoms with Crippen LogP contribution in [-0.4, -0.2) is 18.3 Å². The zero-order chi connectivity index (χ0) is 16.5. The van der Waals surface area contributed by atoms with Gasteiger partial charge in [0.25, 0.3) is 0 Å². The minimum Gasteiger partial charge on any atom is -0.444 e. The van der Waals surface area contributed by atoms with Gasteiger partial charge >= 0.3 is 6.09 Å². The molecule has 23 heavy (non-hydrogen) atoms. The van der Waals surface area contributed by atoms with Gasteiger partial charge in [0, 0.05) is 19.3 Å². The largest absolute Gasteiger partial charge is 0.444 e. The minimum absolute atomic E-state index is 0.209. The average Bonchev–Trinajstić information content (AvgIpc) is 2.59. The lowest BCUT2D eigenvalue weighted by molar-refractivity contribution is 0.145. The number of carbonyl (C=O) groups is 1. The summed E-state index contributed by atoms with van der Waals surface area (Å²) >= 11 is 5.07. The molecule has 0 atom stereocenters. The van der Waals surface area contributed by atoms with E-state index in [4.69, 9.17) is 17.0 Å². The molecule has 0 aromatic heterocycles. The van der Waals surface area contributed by atoms with E-state index in [-0.39, 0.29) is 11.7 Å². The van der Waals surface area contributed by atoms with Crippen LogP contribution in [0.15, 0.2) is 54.6 Å². The van der Waals surface area contributed by atoms with Crippen LogP contribution < -0.4 is 16.0 Å². The number of hydrogen-bond donors (Lipinski definition) is 3. The lowest BCUT2D eigenvalue weighted by Gasteiger charge is -2.10.